The molecule has 0 bridgehead atoms. The third kappa shape index (κ3) is 3.62. The zero-order chi connectivity index (χ0) is 13.9. The van der Waals surface area contributed by atoms with E-state index in [4.69, 9.17) is 0 Å². The predicted octanol–water partition coefficient (Wildman–Crippen LogP) is 3.79. The highest BCUT2D eigenvalue weighted by Gasteiger charge is 2.19. The molecule has 1 N–H and O–H groups in total. The number of hydrogen-bond donors (Lipinski definition) is 1. The lowest BCUT2D eigenvalue weighted by Crippen LogP contribution is -2.17. The van der Waals surface area contributed by atoms with Crippen molar-refractivity contribution >= 4 is 27.3 Å². The molecule has 0 spiro atoms. The molecule has 0 unspecified atom stereocenters. The number of benzene rings is 1. The lowest BCUT2D eigenvalue weighted by molar-refractivity contribution is 0.630. The molecule has 2 aromatic rings. The summed E-state index contributed by atoms with van der Waals surface area (Å²) in [6.07, 6.45) is 4.56. The van der Waals surface area contributed by atoms with Gasteiger partial charge in [-0.3, -0.25) is 0 Å². The van der Waals surface area contributed by atoms with Gasteiger partial charge < -0.3 is 5.32 Å². The zero-order valence-corrected chi connectivity index (χ0v) is 13.3. The Bertz CT molecular complexity index is 598. The SMILES string of the molecule is Fc1ccc(Br)cc1-c1nnc(CCCNC2CC2)s1. The Balaban J connectivity index is 1.61. The molecule has 0 aliphatic heterocycles. The average molecular weight is 356 g/mol. The van der Waals surface area contributed by atoms with Crippen LogP contribution in [0.5, 0.6) is 0 Å². The van der Waals surface area contributed by atoms with E-state index < -0.39 is 0 Å². The van der Waals surface area contributed by atoms with Gasteiger partial charge in [0.2, 0.25) is 0 Å². The second-order valence-electron chi connectivity index (χ2n) is 4.96. The van der Waals surface area contributed by atoms with Crippen molar-refractivity contribution < 1.29 is 4.39 Å². The maximum absolute atomic E-state index is 13.8. The Hall–Kier alpha value is -0.850. The summed E-state index contributed by atoms with van der Waals surface area (Å²) in [6, 6.07) is 5.62. The number of rotatable bonds is 6. The topological polar surface area (TPSA) is 37.8 Å². The Labute approximate surface area is 129 Å². The van der Waals surface area contributed by atoms with Crippen molar-refractivity contribution in [1.82, 2.24) is 15.5 Å². The van der Waals surface area contributed by atoms with Gasteiger partial charge in [0.15, 0.2) is 5.01 Å². The molecular weight excluding hydrogens is 341 g/mol. The van der Waals surface area contributed by atoms with Gasteiger partial charge in [0.25, 0.3) is 0 Å². The first-order valence-electron chi connectivity index (χ1n) is 6.73. The van der Waals surface area contributed by atoms with Crippen molar-refractivity contribution in [2.45, 2.75) is 31.7 Å². The molecule has 1 heterocycles. The molecule has 3 rings (SSSR count). The summed E-state index contributed by atoms with van der Waals surface area (Å²) in [5, 5.41) is 13.3. The lowest BCUT2D eigenvalue weighted by atomic mass is 10.2. The highest BCUT2D eigenvalue weighted by Crippen LogP contribution is 2.29. The van der Waals surface area contributed by atoms with Gasteiger partial charge in [-0.15, -0.1) is 10.2 Å². The van der Waals surface area contributed by atoms with Crippen molar-refractivity contribution in [2.24, 2.45) is 0 Å². The molecular formula is C14H15BrFN3S. The summed E-state index contributed by atoms with van der Waals surface area (Å²) in [5.74, 6) is -0.258. The van der Waals surface area contributed by atoms with E-state index in [-0.39, 0.29) is 5.82 Å². The van der Waals surface area contributed by atoms with Crippen LogP contribution in [0.25, 0.3) is 10.6 Å². The van der Waals surface area contributed by atoms with Crippen LogP contribution in [0.4, 0.5) is 4.39 Å². The zero-order valence-electron chi connectivity index (χ0n) is 10.9. The molecule has 3 nitrogen and oxygen atoms in total. The highest BCUT2D eigenvalue weighted by molar-refractivity contribution is 9.10. The normalized spacial score (nSPS) is 14.7. The van der Waals surface area contributed by atoms with E-state index >= 15 is 0 Å². The fourth-order valence-electron chi connectivity index (χ4n) is 1.96. The molecule has 0 saturated heterocycles. The first-order chi connectivity index (χ1) is 9.72. The molecule has 0 atom stereocenters. The molecule has 106 valence electrons. The summed E-state index contributed by atoms with van der Waals surface area (Å²) in [7, 11) is 0. The quantitative estimate of drug-likeness (QED) is 0.801. The molecule has 1 saturated carbocycles. The van der Waals surface area contributed by atoms with Gasteiger partial charge in [0.05, 0.1) is 0 Å². The second-order valence-corrected chi connectivity index (χ2v) is 6.93. The minimum absolute atomic E-state index is 0.258. The minimum Gasteiger partial charge on any atom is -0.314 e. The Kier molecular flexibility index (Phi) is 4.43. The Morgan fingerprint density at radius 3 is 3.00 bits per heavy atom. The molecule has 6 heteroatoms. The van der Waals surface area contributed by atoms with Crippen LogP contribution in [-0.2, 0) is 6.42 Å². The third-order valence-electron chi connectivity index (χ3n) is 3.20. The van der Waals surface area contributed by atoms with Crippen molar-refractivity contribution in [3.8, 4) is 10.6 Å². The summed E-state index contributed by atoms with van der Waals surface area (Å²) in [4.78, 5) is 0. The molecule has 1 fully saturated rings. The van der Waals surface area contributed by atoms with Crippen LogP contribution in [0.2, 0.25) is 0 Å². The first-order valence-corrected chi connectivity index (χ1v) is 8.34. The second kappa shape index (κ2) is 6.28. The lowest BCUT2D eigenvalue weighted by Gasteiger charge is -2.00. The van der Waals surface area contributed by atoms with E-state index in [1.165, 1.54) is 30.2 Å². The molecule has 20 heavy (non-hydrogen) atoms. The molecule has 1 aromatic carbocycles. The number of nitrogens with one attached hydrogen (secondary N) is 1. The smallest absolute Gasteiger partial charge is 0.150 e. The van der Waals surface area contributed by atoms with E-state index in [1.54, 1.807) is 12.1 Å². The van der Waals surface area contributed by atoms with Crippen molar-refractivity contribution in [1.29, 1.82) is 0 Å². The predicted molar refractivity (Wildman–Crippen MR) is 82.3 cm³/mol. The van der Waals surface area contributed by atoms with Gasteiger partial charge in [-0.25, -0.2) is 4.39 Å². The fourth-order valence-corrected chi connectivity index (χ4v) is 3.22. The van der Waals surface area contributed by atoms with Gasteiger partial charge >= 0.3 is 0 Å². The van der Waals surface area contributed by atoms with Crippen LogP contribution in [0.15, 0.2) is 22.7 Å². The minimum atomic E-state index is -0.258. The first kappa shape index (κ1) is 14.1. The maximum Gasteiger partial charge on any atom is 0.150 e. The number of halogens is 2. The van der Waals surface area contributed by atoms with Crippen molar-refractivity contribution in [2.75, 3.05) is 6.54 Å². The van der Waals surface area contributed by atoms with Crippen LogP contribution in [0.3, 0.4) is 0 Å². The molecule has 1 aromatic heterocycles. The van der Waals surface area contributed by atoms with Crippen LogP contribution in [-0.4, -0.2) is 22.8 Å². The Morgan fingerprint density at radius 1 is 1.35 bits per heavy atom. The maximum atomic E-state index is 13.8. The van der Waals surface area contributed by atoms with Crippen molar-refractivity contribution in [3.63, 3.8) is 0 Å². The fraction of sp³-hybridized carbons (Fsp3) is 0.429. The van der Waals surface area contributed by atoms with E-state index in [2.05, 4.69) is 31.4 Å². The molecule has 0 amide bonds. The standard InChI is InChI=1S/C14H15BrFN3S/c15-9-3-6-12(16)11(8-9)14-19-18-13(20-14)2-1-7-17-10-4-5-10/h3,6,8,10,17H,1-2,4-5,7H2. The van der Waals surface area contributed by atoms with Gasteiger partial charge in [-0.2, -0.15) is 0 Å². The van der Waals surface area contributed by atoms with E-state index in [9.17, 15) is 4.39 Å². The summed E-state index contributed by atoms with van der Waals surface area (Å²) in [6.45, 7) is 1.02. The van der Waals surface area contributed by atoms with Crippen LogP contribution < -0.4 is 5.32 Å². The monoisotopic (exact) mass is 355 g/mol. The largest absolute Gasteiger partial charge is 0.314 e. The van der Waals surface area contributed by atoms with E-state index in [0.717, 1.165) is 34.9 Å². The number of hydrogen-bond acceptors (Lipinski definition) is 4. The van der Waals surface area contributed by atoms with E-state index in [0.29, 0.717) is 10.6 Å². The number of aromatic nitrogens is 2. The van der Waals surface area contributed by atoms with Crippen LogP contribution >= 0.6 is 27.3 Å². The third-order valence-corrected chi connectivity index (χ3v) is 4.71. The molecule has 0 radical (unpaired) electrons. The summed E-state index contributed by atoms with van der Waals surface area (Å²) >= 11 is 4.83. The number of nitrogens with zero attached hydrogens (tertiary/aromatic N) is 2. The van der Waals surface area contributed by atoms with Gasteiger partial charge in [0, 0.05) is 22.5 Å². The van der Waals surface area contributed by atoms with Crippen LogP contribution in [0, 0.1) is 5.82 Å². The van der Waals surface area contributed by atoms with E-state index in [1.807, 2.05) is 0 Å². The molecule has 1 aliphatic rings. The highest BCUT2D eigenvalue weighted by atomic mass is 79.9. The van der Waals surface area contributed by atoms with Gasteiger partial charge in [-0.05, 0) is 44.0 Å². The average Bonchev–Trinajstić information content (AvgIpc) is 3.15. The molecule has 1 aliphatic carbocycles. The Morgan fingerprint density at radius 2 is 2.20 bits per heavy atom. The van der Waals surface area contributed by atoms with Gasteiger partial charge in [0.1, 0.15) is 10.8 Å². The summed E-state index contributed by atoms with van der Waals surface area (Å²) < 4.78 is 14.6. The van der Waals surface area contributed by atoms with Crippen molar-refractivity contribution in [3.05, 3.63) is 33.5 Å². The number of aryl methyl sites for hydroxylation is 1. The van der Waals surface area contributed by atoms with Gasteiger partial charge in [-0.1, -0.05) is 27.3 Å². The van der Waals surface area contributed by atoms with Crippen LogP contribution in [0.1, 0.15) is 24.3 Å². The summed E-state index contributed by atoms with van der Waals surface area (Å²) in [5.41, 5.74) is 0.513.